The van der Waals surface area contributed by atoms with Gasteiger partial charge in [0, 0.05) is 35.4 Å². The van der Waals surface area contributed by atoms with Crippen molar-refractivity contribution in [1.29, 1.82) is 0 Å². The third-order valence-electron chi connectivity index (χ3n) is 7.23. The molecule has 2 atom stereocenters. The number of hydrogen-bond donors (Lipinski definition) is 2. The van der Waals surface area contributed by atoms with E-state index in [-0.39, 0.29) is 30.6 Å². The number of carbonyl (C=O) groups excluding carboxylic acids is 2. The molecule has 204 valence electrons. The number of amides is 2. The van der Waals surface area contributed by atoms with Crippen LogP contribution in [0.3, 0.4) is 0 Å². The Morgan fingerprint density at radius 2 is 1.82 bits per heavy atom. The molecule has 1 fully saturated rings. The van der Waals surface area contributed by atoms with Crippen LogP contribution in [-0.4, -0.2) is 55.8 Å². The number of ether oxygens (including phenoxy) is 3. The lowest BCUT2D eigenvalue weighted by Crippen LogP contribution is -2.45. The van der Waals surface area contributed by atoms with Gasteiger partial charge in [-0.15, -0.1) is 0 Å². The number of pyridine rings is 1. The summed E-state index contributed by atoms with van der Waals surface area (Å²) in [5.41, 5.74) is 4.24. The molecule has 3 aromatic carbocycles. The zero-order valence-corrected chi connectivity index (χ0v) is 22.3. The molecule has 9 heteroatoms. The van der Waals surface area contributed by atoms with E-state index in [0.29, 0.717) is 42.4 Å². The molecule has 9 nitrogen and oxygen atoms in total. The molecular formula is C31H30N4O5. The highest BCUT2D eigenvalue weighted by Gasteiger charge is 2.37. The number of nitrogens with one attached hydrogen (secondary N) is 2. The number of methoxy groups -OCH3 is 1. The monoisotopic (exact) mass is 538 g/mol. The molecule has 0 saturated carbocycles. The van der Waals surface area contributed by atoms with Crippen molar-refractivity contribution in [2.45, 2.75) is 25.6 Å². The van der Waals surface area contributed by atoms with E-state index in [9.17, 15) is 9.59 Å². The maximum absolute atomic E-state index is 13.5. The fourth-order valence-electron chi connectivity index (χ4n) is 5.21. The minimum absolute atomic E-state index is 0.207. The molecule has 0 radical (unpaired) electrons. The van der Waals surface area contributed by atoms with Crippen LogP contribution in [-0.2, 0) is 11.3 Å². The van der Waals surface area contributed by atoms with Crippen LogP contribution in [0.2, 0.25) is 0 Å². The van der Waals surface area contributed by atoms with E-state index < -0.39 is 0 Å². The number of carbonyl (C=O) groups is 2. The third-order valence-corrected chi connectivity index (χ3v) is 7.23. The molecule has 2 N–H and O–H groups in total. The first-order chi connectivity index (χ1) is 19.5. The Balaban J connectivity index is 1.35. The minimum atomic E-state index is -0.314. The Morgan fingerprint density at radius 1 is 1.00 bits per heavy atom. The van der Waals surface area contributed by atoms with Gasteiger partial charge in [-0.1, -0.05) is 30.3 Å². The van der Waals surface area contributed by atoms with Crippen LogP contribution < -0.4 is 29.7 Å². The summed E-state index contributed by atoms with van der Waals surface area (Å²) >= 11 is 0. The topological polar surface area (TPSA) is 102 Å². The molecule has 0 spiro atoms. The average molecular weight is 539 g/mol. The van der Waals surface area contributed by atoms with Crippen LogP contribution in [0.25, 0.3) is 10.9 Å². The van der Waals surface area contributed by atoms with Gasteiger partial charge in [-0.3, -0.25) is 14.6 Å². The molecule has 7 rings (SSSR count). The first-order valence-electron chi connectivity index (χ1n) is 13.2. The molecule has 2 amide bonds. The van der Waals surface area contributed by atoms with Gasteiger partial charge in [-0.2, -0.15) is 0 Å². The molecule has 3 aliphatic heterocycles. The van der Waals surface area contributed by atoms with Gasteiger partial charge >= 0.3 is 0 Å². The lowest BCUT2D eigenvalue weighted by atomic mass is 10.1. The Bertz CT molecular complexity index is 1570. The predicted molar refractivity (Wildman–Crippen MR) is 151 cm³/mol. The molecule has 0 aliphatic carbocycles. The second-order valence-corrected chi connectivity index (χ2v) is 10.0. The van der Waals surface area contributed by atoms with Crippen molar-refractivity contribution in [2.24, 2.45) is 0 Å². The maximum Gasteiger partial charge on any atom is 0.258 e. The van der Waals surface area contributed by atoms with Crippen LogP contribution in [0.15, 0.2) is 72.8 Å². The molecular weight excluding hydrogens is 508 g/mol. The summed E-state index contributed by atoms with van der Waals surface area (Å²) in [5, 5.41) is 7.09. The van der Waals surface area contributed by atoms with Crippen LogP contribution in [0.5, 0.6) is 17.2 Å². The van der Waals surface area contributed by atoms with Crippen molar-refractivity contribution in [1.82, 2.24) is 15.6 Å². The molecule has 4 aromatic rings. The summed E-state index contributed by atoms with van der Waals surface area (Å²) in [6.45, 7) is 3.27. The van der Waals surface area contributed by atoms with Gasteiger partial charge in [0.2, 0.25) is 0 Å². The number of anilines is 1. The molecule has 1 saturated heterocycles. The van der Waals surface area contributed by atoms with Gasteiger partial charge in [0.15, 0.2) is 18.1 Å². The van der Waals surface area contributed by atoms with E-state index in [4.69, 9.17) is 14.2 Å². The van der Waals surface area contributed by atoms with Crippen molar-refractivity contribution in [2.75, 3.05) is 31.7 Å². The normalized spacial score (nSPS) is 19.2. The number of fused-ring (bicyclic) bond motifs is 8. The number of aromatic nitrogens is 1. The summed E-state index contributed by atoms with van der Waals surface area (Å²) in [4.78, 5) is 32.8. The van der Waals surface area contributed by atoms with Gasteiger partial charge in [0.25, 0.3) is 11.8 Å². The summed E-state index contributed by atoms with van der Waals surface area (Å²) in [5.74, 6) is 0.892. The van der Waals surface area contributed by atoms with Crippen LogP contribution in [0.1, 0.15) is 21.6 Å². The van der Waals surface area contributed by atoms with E-state index in [2.05, 4.69) is 32.7 Å². The summed E-state index contributed by atoms with van der Waals surface area (Å²) in [7, 11) is 1.51. The highest BCUT2D eigenvalue weighted by Crippen LogP contribution is 2.32. The molecule has 4 bridgehead atoms. The predicted octanol–water partition coefficient (Wildman–Crippen LogP) is 3.63. The van der Waals surface area contributed by atoms with Gasteiger partial charge in [-0.05, 0) is 55.0 Å². The molecule has 40 heavy (non-hydrogen) atoms. The Kier molecular flexibility index (Phi) is 6.86. The zero-order chi connectivity index (χ0) is 27.6. The average Bonchev–Trinajstić information content (AvgIpc) is 3.36. The third kappa shape index (κ3) is 5.22. The van der Waals surface area contributed by atoms with Gasteiger partial charge in [0.05, 0.1) is 25.2 Å². The summed E-state index contributed by atoms with van der Waals surface area (Å²) in [6.07, 6.45) is -0.314. The highest BCUT2D eigenvalue weighted by atomic mass is 16.5. The Hall–Kier alpha value is -4.79. The van der Waals surface area contributed by atoms with Crippen molar-refractivity contribution in [3.8, 4) is 17.2 Å². The molecule has 3 aliphatic rings. The van der Waals surface area contributed by atoms with Crippen molar-refractivity contribution < 1.29 is 23.8 Å². The SMILES string of the molecule is COc1ccc2cc1OCC(=O)NCc1ccc(cc1)O[C@H]1CN(c3cc(C)nc4ccccc34)C[C@@H]1NC2=O. The number of nitrogens with zero attached hydrogens (tertiary/aromatic N) is 2. The van der Waals surface area contributed by atoms with Crippen molar-refractivity contribution >= 4 is 28.4 Å². The number of para-hydroxylation sites is 1. The standard InChI is InChI=1S/C31H30N4O5/c1-19-13-26(23-5-3-4-6-24(23)33-19)35-16-25-29(17-35)40-22-10-7-20(8-11-22)15-32-30(36)18-39-28-14-21(31(37)34-25)9-12-27(28)38-2/h3-14,25,29H,15-18H2,1-2H3,(H,32,36)(H,34,37)/t25-,29-/m0/s1. The number of rotatable bonds is 2. The Labute approximate surface area is 232 Å². The quantitative estimate of drug-likeness (QED) is 0.402. The first-order valence-corrected chi connectivity index (χ1v) is 13.2. The highest BCUT2D eigenvalue weighted by molar-refractivity contribution is 5.95. The molecule has 4 heterocycles. The lowest BCUT2D eigenvalue weighted by Gasteiger charge is -2.21. The molecule has 1 aromatic heterocycles. The number of hydrogen-bond acceptors (Lipinski definition) is 7. The van der Waals surface area contributed by atoms with Gasteiger partial charge in [0.1, 0.15) is 11.9 Å². The van der Waals surface area contributed by atoms with E-state index in [1.807, 2.05) is 49.4 Å². The van der Waals surface area contributed by atoms with E-state index in [1.54, 1.807) is 18.2 Å². The van der Waals surface area contributed by atoms with E-state index in [1.165, 1.54) is 7.11 Å². The van der Waals surface area contributed by atoms with Gasteiger partial charge in [-0.25, -0.2) is 0 Å². The lowest BCUT2D eigenvalue weighted by molar-refractivity contribution is -0.123. The number of aryl methyl sites for hydroxylation is 1. The van der Waals surface area contributed by atoms with E-state index in [0.717, 1.165) is 27.8 Å². The smallest absolute Gasteiger partial charge is 0.258 e. The number of benzene rings is 3. The van der Waals surface area contributed by atoms with Crippen molar-refractivity contribution in [3.63, 3.8) is 0 Å². The zero-order valence-electron chi connectivity index (χ0n) is 22.3. The van der Waals surface area contributed by atoms with Crippen molar-refractivity contribution in [3.05, 3.63) is 89.6 Å². The van der Waals surface area contributed by atoms with Gasteiger partial charge < -0.3 is 29.7 Å². The van der Waals surface area contributed by atoms with Crippen LogP contribution in [0.4, 0.5) is 5.69 Å². The second-order valence-electron chi connectivity index (χ2n) is 10.0. The second kappa shape index (κ2) is 10.8. The van der Waals surface area contributed by atoms with Crippen LogP contribution in [0, 0.1) is 6.92 Å². The fraction of sp³-hybridized carbons (Fsp3) is 0.258. The molecule has 0 unspecified atom stereocenters. The fourth-order valence-corrected chi connectivity index (χ4v) is 5.21. The maximum atomic E-state index is 13.5. The summed E-state index contributed by atoms with van der Waals surface area (Å²) < 4.78 is 17.6. The van der Waals surface area contributed by atoms with Crippen LogP contribution >= 0.6 is 0 Å². The summed E-state index contributed by atoms with van der Waals surface area (Å²) in [6, 6.07) is 22.4. The largest absolute Gasteiger partial charge is 0.493 e. The van der Waals surface area contributed by atoms with E-state index >= 15 is 0 Å². The Morgan fingerprint density at radius 3 is 2.65 bits per heavy atom. The minimum Gasteiger partial charge on any atom is -0.493 e. The first kappa shape index (κ1) is 25.5.